The van der Waals surface area contributed by atoms with Crippen LogP contribution in [0, 0.1) is 10.1 Å². The fraction of sp³-hybridized carbons (Fsp3) is 0.409. The quantitative estimate of drug-likeness (QED) is 0.571. The van der Waals surface area contributed by atoms with Crippen LogP contribution in [-0.4, -0.2) is 30.7 Å². The van der Waals surface area contributed by atoms with Crippen molar-refractivity contribution >= 4 is 17.3 Å². The first-order valence-corrected chi connectivity index (χ1v) is 10.2. The van der Waals surface area contributed by atoms with Crippen molar-refractivity contribution in [3.05, 3.63) is 58.1 Å². The molecule has 0 saturated heterocycles. The molecule has 8 heteroatoms. The molecule has 2 aromatic rings. The Bertz CT molecular complexity index is 928. The van der Waals surface area contributed by atoms with E-state index in [1.807, 2.05) is 30.3 Å². The highest BCUT2D eigenvalue weighted by molar-refractivity contribution is 5.88. The number of nitrogens with zero attached hydrogens (tertiary/aromatic N) is 2. The van der Waals surface area contributed by atoms with E-state index in [-0.39, 0.29) is 30.0 Å². The number of nitro groups is 1. The summed E-state index contributed by atoms with van der Waals surface area (Å²) in [5.41, 5.74) is 0.906. The van der Waals surface area contributed by atoms with E-state index in [1.54, 1.807) is 18.0 Å². The van der Waals surface area contributed by atoms with Crippen molar-refractivity contribution in [1.82, 2.24) is 5.32 Å². The largest absolute Gasteiger partial charge is 0.454 e. The Kier molecular flexibility index (Phi) is 5.74. The van der Waals surface area contributed by atoms with E-state index in [1.165, 1.54) is 12.5 Å². The Labute approximate surface area is 174 Å². The fourth-order valence-corrected chi connectivity index (χ4v) is 4.19. The number of likely N-dealkylation sites (N-methyl/N-ethyl adjacent to an activating group) is 1. The van der Waals surface area contributed by atoms with Crippen LogP contribution in [0.1, 0.15) is 43.7 Å². The molecule has 1 fully saturated rings. The minimum atomic E-state index is -0.885. The third-order valence-corrected chi connectivity index (χ3v) is 5.76. The van der Waals surface area contributed by atoms with Gasteiger partial charge in [-0.3, -0.25) is 14.9 Å². The van der Waals surface area contributed by atoms with Gasteiger partial charge in [0, 0.05) is 18.8 Å². The number of para-hydroxylation sites is 1. The molecule has 0 bridgehead atoms. The van der Waals surface area contributed by atoms with Crippen LogP contribution in [0.25, 0.3) is 0 Å². The van der Waals surface area contributed by atoms with E-state index < -0.39 is 11.0 Å². The molecule has 1 N–H and O–H groups in total. The topological polar surface area (TPSA) is 93.9 Å². The zero-order chi connectivity index (χ0) is 21.1. The van der Waals surface area contributed by atoms with Gasteiger partial charge in [0.15, 0.2) is 11.5 Å². The Morgan fingerprint density at radius 1 is 1.13 bits per heavy atom. The zero-order valence-corrected chi connectivity index (χ0v) is 16.9. The first-order valence-electron chi connectivity index (χ1n) is 10.2. The summed E-state index contributed by atoms with van der Waals surface area (Å²) in [4.78, 5) is 26.6. The van der Waals surface area contributed by atoms with Crippen molar-refractivity contribution in [3.8, 4) is 11.5 Å². The standard InChI is InChI=1S/C22H25N3O5/c1-24(16-10-6-3-7-11-16)21(22(26)23-15-8-4-2-5-9-15)17-12-19-20(30-14-29-19)13-18(17)25(27)28/h3,6-7,10-13,15,21H,2,4-5,8-9,14H2,1H3,(H,23,26)/t21-/m1/s1. The number of amides is 1. The lowest BCUT2D eigenvalue weighted by molar-refractivity contribution is -0.385. The molecule has 2 aliphatic rings. The van der Waals surface area contributed by atoms with Crippen molar-refractivity contribution in [2.24, 2.45) is 0 Å². The molecule has 1 aliphatic heterocycles. The predicted octanol–water partition coefficient (Wildman–Crippen LogP) is 3.95. The van der Waals surface area contributed by atoms with Gasteiger partial charge in [0.2, 0.25) is 12.7 Å². The Morgan fingerprint density at radius 2 is 1.80 bits per heavy atom. The normalized spacial score (nSPS) is 16.7. The second-order valence-electron chi connectivity index (χ2n) is 7.71. The van der Waals surface area contributed by atoms with Gasteiger partial charge in [-0.1, -0.05) is 37.5 Å². The second-order valence-corrected chi connectivity index (χ2v) is 7.71. The lowest BCUT2D eigenvalue weighted by atomic mass is 9.94. The molecule has 1 atom stereocenters. The average molecular weight is 411 g/mol. The van der Waals surface area contributed by atoms with Crippen LogP contribution in [0.3, 0.4) is 0 Å². The van der Waals surface area contributed by atoms with Crippen molar-refractivity contribution in [1.29, 1.82) is 0 Å². The van der Waals surface area contributed by atoms with Gasteiger partial charge in [-0.25, -0.2) is 0 Å². The number of rotatable bonds is 6. The maximum absolute atomic E-state index is 13.5. The zero-order valence-electron chi connectivity index (χ0n) is 16.9. The fourth-order valence-electron chi connectivity index (χ4n) is 4.19. The molecule has 0 aromatic heterocycles. The second kappa shape index (κ2) is 8.61. The number of hydrogen-bond acceptors (Lipinski definition) is 6. The maximum Gasteiger partial charge on any atom is 0.279 e. The molecule has 8 nitrogen and oxygen atoms in total. The molecule has 2 aromatic carbocycles. The summed E-state index contributed by atoms with van der Waals surface area (Å²) < 4.78 is 10.8. The highest BCUT2D eigenvalue weighted by Gasteiger charge is 2.35. The number of hydrogen-bond donors (Lipinski definition) is 1. The number of nitro benzene ring substituents is 1. The molecule has 1 heterocycles. The number of benzene rings is 2. The minimum absolute atomic E-state index is 0.00338. The Hall–Kier alpha value is -3.29. The van der Waals surface area contributed by atoms with E-state index in [4.69, 9.17) is 9.47 Å². The van der Waals surface area contributed by atoms with Gasteiger partial charge >= 0.3 is 0 Å². The van der Waals surface area contributed by atoms with E-state index in [2.05, 4.69) is 5.32 Å². The lowest BCUT2D eigenvalue weighted by Crippen LogP contribution is -2.44. The maximum atomic E-state index is 13.5. The van der Waals surface area contributed by atoms with Crippen LogP contribution in [0.4, 0.5) is 11.4 Å². The van der Waals surface area contributed by atoms with Crippen LogP contribution in [0.15, 0.2) is 42.5 Å². The summed E-state index contributed by atoms with van der Waals surface area (Å²) >= 11 is 0. The van der Waals surface area contributed by atoms with Gasteiger partial charge < -0.3 is 19.7 Å². The third-order valence-electron chi connectivity index (χ3n) is 5.76. The number of fused-ring (bicyclic) bond motifs is 1. The summed E-state index contributed by atoms with van der Waals surface area (Å²) in [5, 5.41) is 15.0. The van der Waals surface area contributed by atoms with Gasteiger partial charge in [-0.15, -0.1) is 0 Å². The first-order chi connectivity index (χ1) is 14.5. The minimum Gasteiger partial charge on any atom is -0.454 e. The number of carbonyl (C=O) groups is 1. The smallest absolute Gasteiger partial charge is 0.279 e. The van der Waals surface area contributed by atoms with Gasteiger partial charge in [-0.05, 0) is 31.0 Å². The highest BCUT2D eigenvalue weighted by atomic mass is 16.7. The van der Waals surface area contributed by atoms with Crippen molar-refractivity contribution in [2.75, 3.05) is 18.7 Å². The molecule has 4 rings (SSSR count). The van der Waals surface area contributed by atoms with Crippen LogP contribution >= 0.6 is 0 Å². The average Bonchev–Trinajstić information content (AvgIpc) is 3.22. The van der Waals surface area contributed by atoms with Gasteiger partial charge in [0.25, 0.3) is 5.69 Å². The molecule has 30 heavy (non-hydrogen) atoms. The van der Waals surface area contributed by atoms with Crippen molar-refractivity contribution < 1.29 is 19.2 Å². The Morgan fingerprint density at radius 3 is 2.47 bits per heavy atom. The van der Waals surface area contributed by atoms with Gasteiger partial charge in [-0.2, -0.15) is 0 Å². The highest BCUT2D eigenvalue weighted by Crippen LogP contribution is 2.42. The number of anilines is 1. The first kappa shape index (κ1) is 20.0. The molecular formula is C22H25N3O5. The monoisotopic (exact) mass is 411 g/mol. The molecule has 1 saturated carbocycles. The van der Waals surface area contributed by atoms with E-state index in [9.17, 15) is 14.9 Å². The number of carbonyl (C=O) groups excluding carboxylic acids is 1. The van der Waals surface area contributed by atoms with E-state index in [0.29, 0.717) is 11.5 Å². The molecule has 1 aliphatic carbocycles. The molecule has 0 spiro atoms. The van der Waals surface area contributed by atoms with Crippen LogP contribution in [0.5, 0.6) is 11.5 Å². The SMILES string of the molecule is CN(c1ccccc1)[C@@H](C(=O)NC1CCCCC1)c1cc2c(cc1[N+](=O)[O-])OCO2. The molecular weight excluding hydrogens is 386 g/mol. The summed E-state index contributed by atoms with van der Waals surface area (Å²) in [6.07, 6.45) is 5.18. The summed E-state index contributed by atoms with van der Waals surface area (Å²) in [5.74, 6) is 0.474. The van der Waals surface area contributed by atoms with Crippen molar-refractivity contribution in [2.45, 2.75) is 44.2 Å². The van der Waals surface area contributed by atoms with Gasteiger partial charge in [0.05, 0.1) is 16.6 Å². The Balaban J connectivity index is 1.75. The summed E-state index contributed by atoms with van der Waals surface area (Å²) in [6, 6.07) is 11.5. The van der Waals surface area contributed by atoms with E-state index >= 15 is 0 Å². The van der Waals surface area contributed by atoms with Crippen LogP contribution in [-0.2, 0) is 4.79 Å². The number of ether oxygens (including phenoxy) is 2. The lowest BCUT2D eigenvalue weighted by Gasteiger charge is -2.32. The van der Waals surface area contributed by atoms with Crippen LogP contribution < -0.4 is 19.7 Å². The predicted molar refractivity (Wildman–Crippen MR) is 112 cm³/mol. The molecule has 158 valence electrons. The summed E-state index contributed by atoms with van der Waals surface area (Å²) in [6.45, 7) is 0.00338. The molecule has 0 radical (unpaired) electrons. The third kappa shape index (κ3) is 4.03. The number of nitrogens with one attached hydrogen (secondary N) is 1. The van der Waals surface area contributed by atoms with Gasteiger partial charge in [0.1, 0.15) is 6.04 Å². The van der Waals surface area contributed by atoms with Crippen LogP contribution in [0.2, 0.25) is 0 Å². The molecule has 0 unspecified atom stereocenters. The van der Waals surface area contributed by atoms with Crippen molar-refractivity contribution in [3.63, 3.8) is 0 Å². The van der Waals surface area contributed by atoms with E-state index in [0.717, 1.165) is 31.4 Å². The summed E-state index contributed by atoms with van der Waals surface area (Å²) in [7, 11) is 1.77. The molecule has 1 amide bonds.